The largest absolute Gasteiger partial charge is 0.362 e. The fourth-order valence-corrected chi connectivity index (χ4v) is 1.06. The van der Waals surface area contributed by atoms with E-state index in [-0.39, 0.29) is 1.43 Å². The average molecular weight is 130 g/mol. The first-order valence-electron chi connectivity index (χ1n) is 2.57. The summed E-state index contributed by atoms with van der Waals surface area (Å²) in [5.41, 5.74) is 0. The molecule has 0 saturated carbocycles. The topological polar surface area (TPSA) is 24.9 Å². The standard InChI is InChI=1S/C5H8N2S.H2/c1-2-6-5-7-3-4-8-5;/h3-4H,2H2,1H3,(H,6,7);1H. The fraction of sp³-hybridized carbons (Fsp3) is 0.400. The van der Waals surface area contributed by atoms with Gasteiger partial charge in [-0.3, -0.25) is 0 Å². The van der Waals surface area contributed by atoms with E-state index in [0.29, 0.717) is 0 Å². The summed E-state index contributed by atoms with van der Waals surface area (Å²) in [7, 11) is 0. The van der Waals surface area contributed by atoms with Gasteiger partial charge in [0.05, 0.1) is 0 Å². The van der Waals surface area contributed by atoms with Crippen molar-refractivity contribution in [1.29, 1.82) is 0 Å². The highest BCUT2D eigenvalue weighted by Crippen LogP contribution is 2.08. The van der Waals surface area contributed by atoms with Crippen molar-refractivity contribution in [3.05, 3.63) is 11.6 Å². The Morgan fingerprint density at radius 3 is 3.38 bits per heavy atom. The smallest absolute Gasteiger partial charge is 0.182 e. The molecule has 0 aliphatic rings. The molecule has 46 valence electrons. The molecule has 0 radical (unpaired) electrons. The molecule has 0 amide bonds. The number of aromatic nitrogens is 1. The van der Waals surface area contributed by atoms with E-state index in [9.17, 15) is 0 Å². The van der Waals surface area contributed by atoms with E-state index in [4.69, 9.17) is 0 Å². The van der Waals surface area contributed by atoms with Gasteiger partial charge in [0.15, 0.2) is 5.13 Å². The van der Waals surface area contributed by atoms with E-state index in [0.717, 1.165) is 11.7 Å². The molecule has 2 nitrogen and oxygen atoms in total. The lowest BCUT2D eigenvalue weighted by molar-refractivity contribution is 1.19. The molecule has 0 fully saturated rings. The van der Waals surface area contributed by atoms with Crippen LogP contribution >= 0.6 is 11.3 Å². The number of hydrogen-bond donors (Lipinski definition) is 1. The minimum Gasteiger partial charge on any atom is -0.362 e. The van der Waals surface area contributed by atoms with Crippen LogP contribution in [0.4, 0.5) is 5.13 Å². The fourth-order valence-electron chi connectivity index (χ4n) is 0.462. The first-order valence-corrected chi connectivity index (χ1v) is 3.45. The van der Waals surface area contributed by atoms with Crippen LogP contribution in [0, 0.1) is 0 Å². The molecule has 0 unspecified atom stereocenters. The Morgan fingerprint density at radius 1 is 2.00 bits per heavy atom. The molecule has 1 aromatic rings. The van der Waals surface area contributed by atoms with Crippen LogP contribution in [0.1, 0.15) is 8.35 Å². The Morgan fingerprint density at radius 2 is 2.88 bits per heavy atom. The van der Waals surface area contributed by atoms with Crippen LogP contribution in [0.5, 0.6) is 0 Å². The van der Waals surface area contributed by atoms with Crippen molar-refractivity contribution in [2.75, 3.05) is 11.9 Å². The first-order chi connectivity index (χ1) is 3.93. The lowest BCUT2D eigenvalue weighted by atomic mass is 10.8. The Hall–Kier alpha value is -0.570. The second-order valence-electron chi connectivity index (χ2n) is 1.37. The minimum absolute atomic E-state index is 0. The Kier molecular flexibility index (Phi) is 1.86. The molecule has 1 heterocycles. The average Bonchev–Trinajstić information content (AvgIpc) is 2.19. The minimum atomic E-state index is 0. The first kappa shape index (κ1) is 5.56. The summed E-state index contributed by atoms with van der Waals surface area (Å²) in [4.78, 5) is 4.01. The van der Waals surface area contributed by atoms with Gasteiger partial charge in [0.1, 0.15) is 0 Å². The van der Waals surface area contributed by atoms with Gasteiger partial charge in [-0.15, -0.1) is 11.3 Å². The second-order valence-corrected chi connectivity index (χ2v) is 2.26. The summed E-state index contributed by atoms with van der Waals surface area (Å²) in [5, 5.41) is 6.06. The second kappa shape index (κ2) is 2.67. The van der Waals surface area contributed by atoms with E-state index >= 15 is 0 Å². The molecule has 8 heavy (non-hydrogen) atoms. The van der Waals surface area contributed by atoms with Crippen LogP contribution in [0.2, 0.25) is 0 Å². The van der Waals surface area contributed by atoms with Gasteiger partial charge in [0.25, 0.3) is 0 Å². The van der Waals surface area contributed by atoms with E-state index in [1.54, 1.807) is 17.5 Å². The zero-order valence-electron chi connectivity index (χ0n) is 4.72. The van der Waals surface area contributed by atoms with Crippen LogP contribution in [0.15, 0.2) is 11.6 Å². The van der Waals surface area contributed by atoms with Crippen LogP contribution in [0.3, 0.4) is 0 Å². The van der Waals surface area contributed by atoms with Crippen LogP contribution in [-0.2, 0) is 0 Å². The van der Waals surface area contributed by atoms with Crippen molar-refractivity contribution in [2.24, 2.45) is 0 Å². The highest BCUT2D eigenvalue weighted by Gasteiger charge is 1.86. The number of hydrogen-bond acceptors (Lipinski definition) is 3. The Bertz CT molecular complexity index is 141. The van der Waals surface area contributed by atoms with Gasteiger partial charge in [-0.2, -0.15) is 0 Å². The Labute approximate surface area is 54.1 Å². The van der Waals surface area contributed by atoms with Crippen molar-refractivity contribution < 1.29 is 1.43 Å². The van der Waals surface area contributed by atoms with Gasteiger partial charge in [0, 0.05) is 19.5 Å². The summed E-state index contributed by atoms with van der Waals surface area (Å²) in [6.45, 7) is 3.01. The monoisotopic (exact) mass is 130 g/mol. The van der Waals surface area contributed by atoms with Crippen molar-refractivity contribution >= 4 is 16.5 Å². The summed E-state index contributed by atoms with van der Waals surface area (Å²) in [6.07, 6.45) is 1.79. The van der Waals surface area contributed by atoms with Crippen LogP contribution < -0.4 is 5.32 Å². The third-order valence-electron chi connectivity index (χ3n) is 0.760. The van der Waals surface area contributed by atoms with Gasteiger partial charge in [-0.05, 0) is 6.92 Å². The quantitative estimate of drug-likeness (QED) is 0.660. The zero-order valence-corrected chi connectivity index (χ0v) is 5.53. The van der Waals surface area contributed by atoms with Crippen LogP contribution in [-0.4, -0.2) is 11.5 Å². The predicted molar refractivity (Wildman–Crippen MR) is 38.4 cm³/mol. The van der Waals surface area contributed by atoms with Crippen molar-refractivity contribution in [2.45, 2.75) is 6.92 Å². The lowest BCUT2D eigenvalue weighted by Crippen LogP contribution is -1.93. The maximum atomic E-state index is 4.01. The molecule has 3 heteroatoms. The summed E-state index contributed by atoms with van der Waals surface area (Å²) < 4.78 is 0. The number of thiazole rings is 1. The molecule has 0 bridgehead atoms. The number of anilines is 1. The highest BCUT2D eigenvalue weighted by molar-refractivity contribution is 7.13. The number of nitrogens with one attached hydrogen (secondary N) is 1. The SMILES string of the molecule is CCNc1nccs1.[HH]. The summed E-state index contributed by atoms with van der Waals surface area (Å²) >= 11 is 1.63. The van der Waals surface area contributed by atoms with E-state index < -0.39 is 0 Å². The molecular weight excluding hydrogens is 120 g/mol. The molecular formula is C5H10N2S. The highest BCUT2D eigenvalue weighted by atomic mass is 32.1. The molecule has 1 aromatic heterocycles. The van der Waals surface area contributed by atoms with Crippen molar-refractivity contribution in [1.82, 2.24) is 4.98 Å². The molecule has 0 aliphatic heterocycles. The van der Waals surface area contributed by atoms with Gasteiger partial charge < -0.3 is 5.32 Å². The van der Waals surface area contributed by atoms with Crippen molar-refractivity contribution in [3.63, 3.8) is 0 Å². The molecule has 0 aromatic carbocycles. The Balaban J connectivity index is 0.000000640. The molecule has 0 aliphatic carbocycles. The maximum Gasteiger partial charge on any atom is 0.182 e. The van der Waals surface area contributed by atoms with Crippen LogP contribution in [0.25, 0.3) is 0 Å². The van der Waals surface area contributed by atoms with E-state index in [1.807, 2.05) is 5.38 Å². The lowest BCUT2D eigenvalue weighted by Gasteiger charge is -1.91. The van der Waals surface area contributed by atoms with Gasteiger partial charge >= 0.3 is 0 Å². The van der Waals surface area contributed by atoms with Gasteiger partial charge in [0.2, 0.25) is 0 Å². The zero-order chi connectivity index (χ0) is 5.82. The number of rotatable bonds is 2. The molecule has 0 saturated heterocycles. The van der Waals surface area contributed by atoms with E-state index in [2.05, 4.69) is 17.2 Å². The molecule has 0 spiro atoms. The normalized spacial score (nSPS) is 9.12. The van der Waals surface area contributed by atoms with Gasteiger partial charge in [-0.25, -0.2) is 4.98 Å². The van der Waals surface area contributed by atoms with E-state index in [1.165, 1.54) is 0 Å². The molecule has 1 N–H and O–H groups in total. The van der Waals surface area contributed by atoms with Crippen molar-refractivity contribution in [3.8, 4) is 0 Å². The predicted octanol–water partition coefficient (Wildman–Crippen LogP) is 1.82. The number of nitrogens with zero attached hydrogens (tertiary/aromatic N) is 1. The maximum absolute atomic E-state index is 4.01. The summed E-state index contributed by atoms with van der Waals surface area (Å²) in [5.74, 6) is 0. The molecule has 0 atom stereocenters. The molecule has 1 rings (SSSR count). The van der Waals surface area contributed by atoms with Gasteiger partial charge in [-0.1, -0.05) is 0 Å². The summed E-state index contributed by atoms with van der Waals surface area (Å²) in [6, 6.07) is 0. The third kappa shape index (κ3) is 1.20. The third-order valence-corrected chi connectivity index (χ3v) is 1.49.